The van der Waals surface area contributed by atoms with E-state index in [1.54, 1.807) is 0 Å². The Kier molecular flexibility index (Phi) is 3.21. The second-order valence-electron chi connectivity index (χ2n) is 5.58. The van der Waals surface area contributed by atoms with Crippen molar-refractivity contribution in [1.29, 1.82) is 5.26 Å². The lowest BCUT2D eigenvalue weighted by Crippen LogP contribution is -2.51. The van der Waals surface area contributed by atoms with Crippen LogP contribution in [-0.2, 0) is 0 Å². The Hall–Kier alpha value is -0.550. The van der Waals surface area contributed by atoms with Gasteiger partial charge in [0.05, 0.1) is 6.07 Å². The second-order valence-corrected chi connectivity index (χ2v) is 5.58. The fourth-order valence-electron chi connectivity index (χ4n) is 3.17. The fraction of sp³-hybridized carbons (Fsp3) is 0.917. The van der Waals surface area contributed by atoms with Gasteiger partial charge in [0.15, 0.2) is 0 Å². The molecule has 0 heterocycles. The minimum atomic E-state index is -0.268. The SMILES string of the molecule is CCNC1(C#N)CC(C)CC(C)(C)C1. The Morgan fingerprint density at radius 1 is 1.43 bits per heavy atom. The van der Waals surface area contributed by atoms with Crippen molar-refractivity contribution in [3.8, 4) is 6.07 Å². The molecule has 14 heavy (non-hydrogen) atoms. The molecule has 1 rings (SSSR count). The molecule has 0 aromatic heterocycles. The van der Waals surface area contributed by atoms with Gasteiger partial charge in [-0.2, -0.15) is 5.26 Å². The zero-order chi connectivity index (χ0) is 10.8. The van der Waals surface area contributed by atoms with Gasteiger partial charge in [0.1, 0.15) is 5.54 Å². The number of nitrogens with one attached hydrogen (secondary N) is 1. The Morgan fingerprint density at radius 2 is 2.07 bits per heavy atom. The van der Waals surface area contributed by atoms with Crippen LogP contribution in [0, 0.1) is 22.7 Å². The Balaban J connectivity index is 2.82. The van der Waals surface area contributed by atoms with Crippen molar-refractivity contribution >= 4 is 0 Å². The highest BCUT2D eigenvalue weighted by molar-refractivity contribution is 5.12. The second kappa shape index (κ2) is 3.90. The average molecular weight is 194 g/mol. The van der Waals surface area contributed by atoms with Crippen LogP contribution < -0.4 is 5.32 Å². The van der Waals surface area contributed by atoms with Crippen LogP contribution in [0.15, 0.2) is 0 Å². The van der Waals surface area contributed by atoms with E-state index >= 15 is 0 Å². The first-order valence-corrected chi connectivity index (χ1v) is 5.59. The van der Waals surface area contributed by atoms with Gasteiger partial charge < -0.3 is 0 Å². The minimum Gasteiger partial charge on any atom is -0.300 e. The topological polar surface area (TPSA) is 35.8 Å². The van der Waals surface area contributed by atoms with Crippen molar-refractivity contribution in [2.75, 3.05) is 6.54 Å². The van der Waals surface area contributed by atoms with E-state index in [0.717, 1.165) is 19.4 Å². The van der Waals surface area contributed by atoms with Gasteiger partial charge in [-0.05, 0) is 37.1 Å². The number of nitriles is 1. The molecule has 2 unspecified atom stereocenters. The molecule has 0 aromatic rings. The van der Waals surface area contributed by atoms with Gasteiger partial charge in [0.25, 0.3) is 0 Å². The molecule has 0 spiro atoms. The molecule has 0 saturated heterocycles. The van der Waals surface area contributed by atoms with E-state index in [1.807, 2.05) is 0 Å². The van der Waals surface area contributed by atoms with Crippen LogP contribution in [0.5, 0.6) is 0 Å². The summed E-state index contributed by atoms with van der Waals surface area (Å²) in [4.78, 5) is 0. The lowest BCUT2D eigenvalue weighted by atomic mass is 9.65. The van der Waals surface area contributed by atoms with Crippen LogP contribution in [0.25, 0.3) is 0 Å². The van der Waals surface area contributed by atoms with E-state index in [0.29, 0.717) is 11.3 Å². The third-order valence-electron chi connectivity index (χ3n) is 3.11. The van der Waals surface area contributed by atoms with E-state index in [4.69, 9.17) is 0 Å². The van der Waals surface area contributed by atoms with E-state index in [1.165, 1.54) is 6.42 Å². The van der Waals surface area contributed by atoms with Crippen molar-refractivity contribution in [1.82, 2.24) is 5.32 Å². The molecule has 1 aliphatic rings. The lowest BCUT2D eigenvalue weighted by Gasteiger charge is -2.44. The first-order chi connectivity index (χ1) is 6.43. The van der Waals surface area contributed by atoms with Crippen LogP contribution in [0.4, 0.5) is 0 Å². The highest BCUT2D eigenvalue weighted by Crippen LogP contribution is 2.43. The summed E-state index contributed by atoms with van der Waals surface area (Å²) in [6.45, 7) is 9.75. The standard InChI is InChI=1S/C12H22N2/c1-5-14-12(9-13)7-10(2)6-11(3,4)8-12/h10,14H,5-8H2,1-4H3. The summed E-state index contributed by atoms with van der Waals surface area (Å²) in [7, 11) is 0. The van der Waals surface area contributed by atoms with Gasteiger partial charge in [0.2, 0.25) is 0 Å². The zero-order valence-corrected chi connectivity index (χ0v) is 9.85. The number of nitrogens with zero attached hydrogens (tertiary/aromatic N) is 1. The molecule has 1 saturated carbocycles. The third kappa shape index (κ3) is 2.48. The van der Waals surface area contributed by atoms with Crippen LogP contribution in [0.3, 0.4) is 0 Å². The maximum atomic E-state index is 9.31. The molecule has 0 aliphatic heterocycles. The van der Waals surface area contributed by atoms with Crippen molar-refractivity contribution in [3.63, 3.8) is 0 Å². The van der Waals surface area contributed by atoms with Gasteiger partial charge in [-0.25, -0.2) is 0 Å². The van der Waals surface area contributed by atoms with E-state index in [9.17, 15) is 5.26 Å². The average Bonchev–Trinajstić information content (AvgIpc) is 2.00. The summed E-state index contributed by atoms with van der Waals surface area (Å²) in [5.74, 6) is 0.650. The molecule has 2 nitrogen and oxygen atoms in total. The summed E-state index contributed by atoms with van der Waals surface area (Å²) in [6.07, 6.45) is 3.22. The summed E-state index contributed by atoms with van der Waals surface area (Å²) in [5, 5.41) is 12.7. The highest BCUT2D eigenvalue weighted by Gasteiger charge is 2.42. The summed E-state index contributed by atoms with van der Waals surface area (Å²) < 4.78 is 0. The first kappa shape index (κ1) is 11.5. The summed E-state index contributed by atoms with van der Waals surface area (Å²) in [6, 6.07) is 2.49. The Bertz CT molecular complexity index is 239. The summed E-state index contributed by atoms with van der Waals surface area (Å²) >= 11 is 0. The van der Waals surface area contributed by atoms with E-state index in [-0.39, 0.29) is 5.54 Å². The minimum absolute atomic E-state index is 0.268. The molecule has 0 amide bonds. The molecule has 2 heteroatoms. The largest absolute Gasteiger partial charge is 0.300 e. The molecule has 1 aliphatic carbocycles. The van der Waals surface area contributed by atoms with Crippen molar-refractivity contribution in [2.45, 2.75) is 52.5 Å². The van der Waals surface area contributed by atoms with E-state index < -0.39 is 0 Å². The van der Waals surface area contributed by atoms with Gasteiger partial charge in [0, 0.05) is 0 Å². The van der Waals surface area contributed by atoms with Crippen molar-refractivity contribution in [3.05, 3.63) is 0 Å². The van der Waals surface area contributed by atoms with Crippen molar-refractivity contribution < 1.29 is 0 Å². The maximum Gasteiger partial charge on any atom is 0.107 e. The summed E-state index contributed by atoms with van der Waals surface area (Å²) in [5.41, 5.74) is 0.0332. The molecule has 1 fully saturated rings. The smallest absolute Gasteiger partial charge is 0.107 e. The molecule has 80 valence electrons. The molecular weight excluding hydrogens is 172 g/mol. The molecule has 0 radical (unpaired) electrons. The number of rotatable bonds is 2. The van der Waals surface area contributed by atoms with Gasteiger partial charge in [-0.1, -0.05) is 27.7 Å². The zero-order valence-electron chi connectivity index (χ0n) is 9.85. The van der Waals surface area contributed by atoms with Crippen LogP contribution in [0.1, 0.15) is 47.0 Å². The molecule has 0 bridgehead atoms. The highest BCUT2D eigenvalue weighted by atomic mass is 15.0. The van der Waals surface area contributed by atoms with Gasteiger partial charge in [-0.15, -0.1) is 0 Å². The fourth-order valence-corrected chi connectivity index (χ4v) is 3.17. The normalized spacial score (nSPS) is 36.4. The number of hydrogen-bond donors (Lipinski definition) is 1. The quantitative estimate of drug-likeness (QED) is 0.733. The van der Waals surface area contributed by atoms with Crippen LogP contribution in [-0.4, -0.2) is 12.1 Å². The first-order valence-electron chi connectivity index (χ1n) is 5.59. The lowest BCUT2D eigenvalue weighted by molar-refractivity contribution is 0.116. The Morgan fingerprint density at radius 3 is 2.50 bits per heavy atom. The molecule has 2 atom stereocenters. The molecule has 1 N–H and O–H groups in total. The predicted octanol–water partition coefficient (Wildman–Crippen LogP) is 2.70. The van der Waals surface area contributed by atoms with Crippen molar-refractivity contribution in [2.24, 2.45) is 11.3 Å². The predicted molar refractivity (Wildman–Crippen MR) is 58.8 cm³/mol. The Labute approximate surface area is 87.7 Å². The van der Waals surface area contributed by atoms with Gasteiger partial charge >= 0.3 is 0 Å². The van der Waals surface area contributed by atoms with Gasteiger partial charge in [-0.3, -0.25) is 5.32 Å². The monoisotopic (exact) mass is 194 g/mol. The van der Waals surface area contributed by atoms with Crippen LogP contribution in [0.2, 0.25) is 0 Å². The molecular formula is C12H22N2. The molecule has 0 aromatic carbocycles. The van der Waals surface area contributed by atoms with E-state index in [2.05, 4.69) is 39.1 Å². The maximum absolute atomic E-state index is 9.31. The number of hydrogen-bond acceptors (Lipinski definition) is 2. The third-order valence-corrected chi connectivity index (χ3v) is 3.11. The van der Waals surface area contributed by atoms with Crippen LogP contribution >= 0.6 is 0 Å².